The van der Waals surface area contributed by atoms with Crippen LogP contribution in [0.2, 0.25) is 0 Å². The van der Waals surface area contributed by atoms with E-state index in [1.165, 1.54) is 31.4 Å². The lowest BCUT2D eigenvalue weighted by molar-refractivity contribution is 0.302. The molecule has 4 heteroatoms. The van der Waals surface area contributed by atoms with Gasteiger partial charge in [0.15, 0.2) is 0 Å². The molecule has 104 valence electrons. The van der Waals surface area contributed by atoms with E-state index in [4.69, 9.17) is 5.84 Å². The van der Waals surface area contributed by atoms with Crippen molar-refractivity contribution >= 4 is 0 Å². The minimum Gasteiger partial charge on any atom is -0.271 e. The Morgan fingerprint density at radius 3 is 2.39 bits per heavy atom. The molecule has 1 aromatic rings. The van der Waals surface area contributed by atoms with Crippen LogP contribution in [-0.4, -0.2) is 9.78 Å². The first-order valence-corrected chi connectivity index (χ1v) is 7.26. The molecule has 0 aliphatic carbocycles. The number of nitrogens with zero attached hydrogens (tertiary/aromatic N) is 2. The Bertz CT molecular complexity index is 315. The molecular formula is C14H28N4. The van der Waals surface area contributed by atoms with Crippen LogP contribution in [0.1, 0.15) is 64.6 Å². The molecule has 0 aliphatic rings. The third kappa shape index (κ3) is 3.82. The Labute approximate surface area is 111 Å². The van der Waals surface area contributed by atoms with Crippen LogP contribution in [0.25, 0.3) is 0 Å². The van der Waals surface area contributed by atoms with Crippen molar-refractivity contribution in [2.75, 3.05) is 0 Å². The van der Waals surface area contributed by atoms with E-state index in [-0.39, 0.29) is 6.04 Å². The highest BCUT2D eigenvalue weighted by Gasteiger charge is 2.23. The zero-order valence-corrected chi connectivity index (χ0v) is 12.0. The lowest BCUT2D eigenvalue weighted by Gasteiger charge is -2.26. The molecule has 1 heterocycles. The van der Waals surface area contributed by atoms with E-state index in [1.807, 2.05) is 6.20 Å². The molecule has 0 aromatic carbocycles. The normalized spacial score (nSPS) is 13.2. The number of aromatic nitrogens is 2. The first-order valence-electron chi connectivity index (χ1n) is 7.26. The van der Waals surface area contributed by atoms with Crippen molar-refractivity contribution in [1.82, 2.24) is 15.2 Å². The summed E-state index contributed by atoms with van der Waals surface area (Å²) in [5.41, 5.74) is 4.24. The van der Waals surface area contributed by atoms with Crippen molar-refractivity contribution in [3.8, 4) is 0 Å². The summed E-state index contributed by atoms with van der Waals surface area (Å²) in [7, 11) is 0. The van der Waals surface area contributed by atoms with Crippen molar-refractivity contribution < 1.29 is 0 Å². The third-order valence-corrected chi connectivity index (χ3v) is 3.47. The van der Waals surface area contributed by atoms with Crippen LogP contribution in [0.3, 0.4) is 0 Å². The predicted octanol–water partition coefficient (Wildman–Crippen LogP) is 3.01. The lowest BCUT2D eigenvalue weighted by Crippen LogP contribution is -2.35. The number of nitrogens with one attached hydrogen (secondary N) is 1. The van der Waals surface area contributed by atoms with Gasteiger partial charge in [-0.05, 0) is 31.2 Å². The molecule has 0 spiro atoms. The van der Waals surface area contributed by atoms with Gasteiger partial charge >= 0.3 is 0 Å². The summed E-state index contributed by atoms with van der Waals surface area (Å²) < 4.78 is 2.09. The summed E-state index contributed by atoms with van der Waals surface area (Å²) in [6.45, 7) is 7.61. The lowest BCUT2D eigenvalue weighted by atomic mass is 9.89. The van der Waals surface area contributed by atoms with Gasteiger partial charge in [-0.3, -0.25) is 16.0 Å². The van der Waals surface area contributed by atoms with Crippen LogP contribution < -0.4 is 11.3 Å². The zero-order valence-electron chi connectivity index (χ0n) is 12.0. The van der Waals surface area contributed by atoms with Crippen LogP contribution in [0.15, 0.2) is 12.3 Å². The molecule has 0 bridgehead atoms. The Kier molecular flexibility index (Phi) is 6.98. The van der Waals surface area contributed by atoms with Gasteiger partial charge in [0, 0.05) is 12.7 Å². The van der Waals surface area contributed by atoms with E-state index >= 15 is 0 Å². The number of aryl methyl sites for hydroxylation is 1. The standard InChI is InChI=1S/C14H28N4/c1-4-7-12(8-5-2)14(17-15)13-9-10-16-18(13)11-6-3/h9-10,12,14,17H,4-8,11,15H2,1-3H3. The molecule has 1 atom stereocenters. The Hall–Kier alpha value is -0.870. The van der Waals surface area contributed by atoms with E-state index in [0.29, 0.717) is 5.92 Å². The third-order valence-electron chi connectivity index (χ3n) is 3.47. The fraction of sp³-hybridized carbons (Fsp3) is 0.786. The van der Waals surface area contributed by atoms with E-state index in [0.717, 1.165) is 13.0 Å². The second-order valence-corrected chi connectivity index (χ2v) is 4.96. The fourth-order valence-corrected chi connectivity index (χ4v) is 2.69. The molecule has 0 saturated heterocycles. The summed E-state index contributed by atoms with van der Waals surface area (Å²) in [6, 6.07) is 2.32. The van der Waals surface area contributed by atoms with Gasteiger partial charge in [0.1, 0.15) is 0 Å². The van der Waals surface area contributed by atoms with Gasteiger partial charge in [0.05, 0.1) is 11.7 Å². The fourth-order valence-electron chi connectivity index (χ4n) is 2.69. The van der Waals surface area contributed by atoms with E-state index in [1.54, 1.807) is 0 Å². The number of hydrogen-bond donors (Lipinski definition) is 2. The largest absolute Gasteiger partial charge is 0.271 e. The molecule has 1 aromatic heterocycles. The molecule has 4 nitrogen and oxygen atoms in total. The van der Waals surface area contributed by atoms with E-state index < -0.39 is 0 Å². The molecule has 0 saturated carbocycles. The quantitative estimate of drug-likeness (QED) is 0.524. The Morgan fingerprint density at radius 2 is 1.89 bits per heavy atom. The van der Waals surface area contributed by atoms with Gasteiger partial charge in [0.2, 0.25) is 0 Å². The average molecular weight is 252 g/mol. The maximum Gasteiger partial charge on any atom is 0.0657 e. The second-order valence-electron chi connectivity index (χ2n) is 4.96. The average Bonchev–Trinajstić information content (AvgIpc) is 2.80. The minimum absolute atomic E-state index is 0.221. The number of nitrogens with two attached hydrogens (primary N) is 1. The van der Waals surface area contributed by atoms with Gasteiger partial charge in [-0.15, -0.1) is 0 Å². The molecular weight excluding hydrogens is 224 g/mol. The highest BCUT2D eigenvalue weighted by atomic mass is 15.3. The van der Waals surface area contributed by atoms with Crippen LogP contribution in [0.5, 0.6) is 0 Å². The van der Waals surface area contributed by atoms with Gasteiger partial charge in [-0.25, -0.2) is 0 Å². The highest BCUT2D eigenvalue weighted by Crippen LogP contribution is 2.29. The Morgan fingerprint density at radius 1 is 1.22 bits per heavy atom. The molecule has 0 radical (unpaired) electrons. The van der Waals surface area contributed by atoms with Gasteiger partial charge in [-0.1, -0.05) is 33.6 Å². The molecule has 1 unspecified atom stereocenters. The van der Waals surface area contributed by atoms with E-state index in [2.05, 4.69) is 42.0 Å². The molecule has 1 rings (SSSR count). The monoisotopic (exact) mass is 252 g/mol. The van der Waals surface area contributed by atoms with Crippen LogP contribution in [-0.2, 0) is 6.54 Å². The van der Waals surface area contributed by atoms with Crippen molar-refractivity contribution in [2.45, 2.75) is 65.5 Å². The van der Waals surface area contributed by atoms with Crippen molar-refractivity contribution in [2.24, 2.45) is 11.8 Å². The summed E-state index contributed by atoms with van der Waals surface area (Å²) in [6.07, 6.45) is 7.79. The summed E-state index contributed by atoms with van der Waals surface area (Å²) in [5.74, 6) is 6.39. The first-order chi connectivity index (χ1) is 8.78. The van der Waals surface area contributed by atoms with Crippen molar-refractivity contribution in [3.05, 3.63) is 18.0 Å². The topological polar surface area (TPSA) is 55.9 Å². The molecule has 3 N–H and O–H groups in total. The minimum atomic E-state index is 0.221. The molecule has 18 heavy (non-hydrogen) atoms. The van der Waals surface area contributed by atoms with Gasteiger partial charge < -0.3 is 0 Å². The van der Waals surface area contributed by atoms with Crippen LogP contribution >= 0.6 is 0 Å². The number of hydrazine groups is 1. The number of rotatable bonds is 9. The van der Waals surface area contributed by atoms with Gasteiger partial charge in [0.25, 0.3) is 0 Å². The molecule has 0 amide bonds. The smallest absolute Gasteiger partial charge is 0.0657 e. The van der Waals surface area contributed by atoms with Crippen molar-refractivity contribution in [1.29, 1.82) is 0 Å². The Balaban J connectivity index is 2.87. The highest BCUT2D eigenvalue weighted by molar-refractivity contribution is 5.08. The summed E-state index contributed by atoms with van der Waals surface area (Å²) in [5, 5.41) is 4.40. The maximum atomic E-state index is 5.80. The number of hydrogen-bond acceptors (Lipinski definition) is 3. The SMILES string of the molecule is CCCC(CCC)C(NN)c1ccnn1CCC. The first kappa shape index (κ1) is 15.2. The maximum absolute atomic E-state index is 5.80. The molecule has 0 aliphatic heterocycles. The molecule has 0 fully saturated rings. The van der Waals surface area contributed by atoms with Crippen LogP contribution in [0.4, 0.5) is 0 Å². The summed E-state index contributed by atoms with van der Waals surface area (Å²) >= 11 is 0. The summed E-state index contributed by atoms with van der Waals surface area (Å²) in [4.78, 5) is 0. The predicted molar refractivity (Wildman–Crippen MR) is 75.9 cm³/mol. The van der Waals surface area contributed by atoms with Crippen molar-refractivity contribution in [3.63, 3.8) is 0 Å². The second kappa shape index (κ2) is 8.27. The van der Waals surface area contributed by atoms with Gasteiger partial charge in [-0.2, -0.15) is 5.10 Å². The van der Waals surface area contributed by atoms with Crippen LogP contribution in [0, 0.1) is 5.92 Å². The van der Waals surface area contributed by atoms with E-state index in [9.17, 15) is 0 Å². The zero-order chi connectivity index (χ0) is 13.4.